The molecule has 4 rings (SSSR count). The van der Waals surface area contributed by atoms with Crippen LogP contribution < -0.4 is 5.73 Å². The lowest BCUT2D eigenvalue weighted by Crippen LogP contribution is -2.44. The van der Waals surface area contributed by atoms with E-state index in [9.17, 15) is 0 Å². The summed E-state index contributed by atoms with van der Waals surface area (Å²) in [6, 6.07) is 8.02. The van der Waals surface area contributed by atoms with Gasteiger partial charge >= 0.3 is 0 Å². The molecule has 0 atom stereocenters. The van der Waals surface area contributed by atoms with E-state index in [2.05, 4.69) is 23.1 Å². The lowest BCUT2D eigenvalue weighted by molar-refractivity contribution is 0.229. The van der Waals surface area contributed by atoms with Crippen LogP contribution in [0.3, 0.4) is 0 Å². The molecule has 1 aliphatic rings. The Kier molecular flexibility index (Phi) is 3.31. The molecule has 1 fully saturated rings. The highest BCUT2D eigenvalue weighted by Gasteiger charge is 2.38. The standard InChI is InChI=1S/C18H19N3O2/c1-2-14-13(12-6-3-4-7-15(12)22-14)8-9-16-20-17(21-23-16)18(19)10-5-11-18/h3-4,6-9H,2,5,10-11,19H2,1H3/b9-8+. The van der Waals surface area contributed by atoms with Crippen molar-refractivity contribution in [3.63, 3.8) is 0 Å². The number of nitrogens with zero attached hydrogens (tertiary/aromatic N) is 2. The molecule has 2 aromatic heterocycles. The van der Waals surface area contributed by atoms with Gasteiger partial charge in [-0.05, 0) is 31.4 Å². The second-order valence-electron chi connectivity index (χ2n) is 6.09. The van der Waals surface area contributed by atoms with E-state index in [1.54, 1.807) is 0 Å². The first-order valence-corrected chi connectivity index (χ1v) is 8.01. The van der Waals surface area contributed by atoms with E-state index in [1.165, 1.54) is 0 Å². The Morgan fingerprint density at radius 3 is 2.83 bits per heavy atom. The Bertz CT molecular complexity index is 871. The third-order valence-electron chi connectivity index (χ3n) is 4.56. The van der Waals surface area contributed by atoms with Crippen LogP contribution in [0.1, 0.15) is 49.2 Å². The molecule has 0 spiro atoms. The molecule has 2 heterocycles. The van der Waals surface area contributed by atoms with E-state index in [-0.39, 0.29) is 0 Å². The molecule has 3 aromatic rings. The number of aryl methyl sites for hydroxylation is 1. The summed E-state index contributed by atoms with van der Waals surface area (Å²) in [6.45, 7) is 2.08. The summed E-state index contributed by atoms with van der Waals surface area (Å²) in [4.78, 5) is 4.42. The van der Waals surface area contributed by atoms with Gasteiger partial charge in [0, 0.05) is 23.4 Å². The van der Waals surface area contributed by atoms with Gasteiger partial charge in [0.1, 0.15) is 11.3 Å². The molecule has 118 valence electrons. The lowest BCUT2D eigenvalue weighted by Gasteiger charge is -2.34. The number of aromatic nitrogens is 2. The number of para-hydroxylation sites is 1. The van der Waals surface area contributed by atoms with E-state index in [0.29, 0.717) is 11.7 Å². The van der Waals surface area contributed by atoms with Gasteiger partial charge in [0.15, 0.2) is 5.82 Å². The van der Waals surface area contributed by atoms with Gasteiger partial charge in [-0.3, -0.25) is 0 Å². The van der Waals surface area contributed by atoms with Crippen molar-refractivity contribution in [1.29, 1.82) is 0 Å². The summed E-state index contributed by atoms with van der Waals surface area (Å²) in [7, 11) is 0. The number of rotatable bonds is 4. The summed E-state index contributed by atoms with van der Waals surface area (Å²) in [5.41, 5.74) is 7.79. The van der Waals surface area contributed by atoms with Crippen molar-refractivity contribution >= 4 is 23.1 Å². The molecule has 0 amide bonds. The molecule has 5 heteroatoms. The zero-order valence-electron chi connectivity index (χ0n) is 13.1. The van der Waals surface area contributed by atoms with Gasteiger partial charge in [0.05, 0.1) is 5.54 Å². The minimum Gasteiger partial charge on any atom is -0.460 e. The average Bonchev–Trinajstić information content (AvgIpc) is 3.15. The van der Waals surface area contributed by atoms with E-state index in [0.717, 1.165) is 48.0 Å². The molecular weight excluding hydrogens is 290 g/mol. The second kappa shape index (κ2) is 5.35. The topological polar surface area (TPSA) is 78.1 Å². The van der Waals surface area contributed by atoms with Crippen molar-refractivity contribution in [2.75, 3.05) is 0 Å². The van der Waals surface area contributed by atoms with Crippen LogP contribution in [0.15, 0.2) is 33.2 Å². The molecular formula is C18H19N3O2. The van der Waals surface area contributed by atoms with Crippen LogP contribution in [0.2, 0.25) is 0 Å². The lowest BCUT2D eigenvalue weighted by atomic mass is 9.77. The predicted octanol–water partition coefficient (Wildman–Crippen LogP) is 3.89. The van der Waals surface area contributed by atoms with Crippen LogP contribution in [-0.2, 0) is 12.0 Å². The van der Waals surface area contributed by atoms with Crippen molar-refractivity contribution in [1.82, 2.24) is 10.1 Å². The summed E-state index contributed by atoms with van der Waals surface area (Å²) in [5.74, 6) is 2.04. The zero-order valence-corrected chi connectivity index (χ0v) is 13.1. The number of fused-ring (bicyclic) bond motifs is 1. The van der Waals surface area contributed by atoms with Gasteiger partial charge < -0.3 is 14.7 Å². The SMILES string of the molecule is CCc1oc2ccccc2c1/C=C/c1nc(C2(N)CCC2)no1. The number of hydrogen-bond acceptors (Lipinski definition) is 5. The third-order valence-corrected chi connectivity index (χ3v) is 4.56. The van der Waals surface area contributed by atoms with Crippen LogP contribution in [-0.4, -0.2) is 10.1 Å². The van der Waals surface area contributed by atoms with E-state index in [1.807, 2.05) is 30.4 Å². The van der Waals surface area contributed by atoms with Crippen molar-refractivity contribution in [3.8, 4) is 0 Å². The maximum atomic E-state index is 6.22. The molecule has 1 saturated carbocycles. The smallest absolute Gasteiger partial charge is 0.250 e. The Labute approximate surface area is 134 Å². The number of furan rings is 1. The van der Waals surface area contributed by atoms with Crippen molar-refractivity contribution in [2.24, 2.45) is 5.73 Å². The molecule has 1 aliphatic carbocycles. The van der Waals surface area contributed by atoms with Crippen LogP contribution in [0.4, 0.5) is 0 Å². The first-order chi connectivity index (χ1) is 11.2. The number of benzene rings is 1. The van der Waals surface area contributed by atoms with Crippen molar-refractivity contribution in [2.45, 2.75) is 38.1 Å². The van der Waals surface area contributed by atoms with Crippen molar-refractivity contribution < 1.29 is 8.94 Å². The second-order valence-corrected chi connectivity index (χ2v) is 6.09. The maximum absolute atomic E-state index is 6.22. The van der Waals surface area contributed by atoms with E-state index in [4.69, 9.17) is 14.7 Å². The van der Waals surface area contributed by atoms with Crippen molar-refractivity contribution in [3.05, 3.63) is 47.3 Å². The normalized spacial score (nSPS) is 17.0. The Hall–Kier alpha value is -2.40. The van der Waals surface area contributed by atoms with Gasteiger partial charge in [-0.1, -0.05) is 30.3 Å². The fourth-order valence-electron chi connectivity index (χ4n) is 3.00. The van der Waals surface area contributed by atoms with Crippen LogP contribution in [0, 0.1) is 0 Å². The average molecular weight is 309 g/mol. The molecule has 0 aliphatic heterocycles. The molecule has 5 nitrogen and oxygen atoms in total. The van der Waals surface area contributed by atoms with Crippen LogP contribution in [0.5, 0.6) is 0 Å². The number of hydrogen-bond donors (Lipinski definition) is 1. The van der Waals surface area contributed by atoms with Gasteiger partial charge in [-0.2, -0.15) is 4.98 Å². The van der Waals surface area contributed by atoms with Gasteiger partial charge in [-0.15, -0.1) is 0 Å². The first-order valence-electron chi connectivity index (χ1n) is 8.01. The minimum atomic E-state index is -0.396. The fraction of sp³-hybridized carbons (Fsp3) is 0.333. The maximum Gasteiger partial charge on any atom is 0.250 e. The summed E-state index contributed by atoms with van der Waals surface area (Å²) >= 11 is 0. The summed E-state index contributed by atoms with van der Waals surface area (Å²) in [5, 5.41) is 5.12. The van der Waals surface area contributed by atoms with Gasteiger partial charge in [-0.25, -0.2) is 0 Å². The third kappa shape index (κ3) is 2.37. The Balaban J connectivity index is 1.66. The highest BCUT2D eigenvalue weighted by Crippen LogP contribution is 2.37. The summed E-state index contributed by atoms with van der Waals surface area (Å²) in [6.07, 6.45) is 7.59. The molecule has 23 heavy (non-hydrogen) atoms. The highest BCUT2D eigenvalue weighted by molar-refractivity contribution is 5.90. The zero-order chi connectivity index (χ0) is 15.9. The Morgan fingerprint density at radius 1 is 1.26 bits per heavy atom. The molecule has 1 aromatic carbocycles. The summed E-state index contributed by atoms with van der Waals surface area (Å²) < 4.78 is 11.2. The highest BCUT2D eigenvalue weighted by atomic mass is 16.5. The monoisotopic (exact) mass is 309 g/mol. The van der Waals surface area contributed by atoms with E-state index < -0.39 is 5.54 Å². The first kappa shape index (κ1) is 14.2. The van der Waals surface area contributed by atoms with Crippen LogP contribution >= 0.6 is 0 Å². The van der Waals surface area contributed by atoms with E-state index >= 15 is 0 Å². The Morgan fingerprint density at radius 2 is 2.09 bits per heavy atom. The molecule has 0 radical (unpaired) electrons. The molecule has 2 N–H and O–H groups in total. The molecule has 0 unspecified atom stereocenters. The number of nitrogens with two attached hydrogens (primary N) is 1. The molecule has 0 saturated heterocycles. The largest absolute Gasteiger partial charge is 0.460 e. The predicted molar refractivity (Wildman–Crippen MR) is 88.5 cm³/mol. The van der Waals surface area contributed by atoms with Gasteiger partial charge in [0.2, 0.25) is 0 Å². The molecule has 0 bridgehead atoms. The minimum absolute atomic E-state index is 0.396. The quantitative estimate of drug-likeness (QED) is 0.791. The fourth-order valence-corrected chi connectivity index (χ4v) is 3.00. The van der Waals surface area contributed by atoms with Gasteiger partial charge in [0.25, 0.3) is 5.89 Å². The van der Waals surface area contributed by atoms with Crippen LogP contribution in [0.25, 0.3) is 23.1 Å².